The predicted octanol–water partition coefficient (Wildman–Crippen LogP) is 3.83. The molecule has 3 rings (SSSR count). The molecule has 1 aromatic carbocycles. The molecule has 0 heterocycles. The molecule has 0 spiro atoms. The Kier molecular flexibility index (Phi) is 3.79. The van der Waals surface area contributed by atoms with Gasteiger partial charge in [0.25, 0.3) is 0 Å². The lowest BCUT2D eigenvalue weighted by atomic mass is 9.53. The summed E-state index contributed by atoms with van der Waals surface area (Å²) in [4.78, 5) is 0. The molecule has 2 aliphatic carbocycles. The highest BCUT2D eigenvalue weighted by molar-refractivity contribution is 6.35. The minimum Gasteiger partial charge on any atom is -0.389 e. The van der Waals surface area contributed by atoms with Crippen molar-refractivity contribution in [2.45, 2.75) is 56.0 Å². The molecule has 2 nitrogen and oxygen atoms in total. The summed E-state index contributed by atoms with van der Waals surface area (Å²) in [6.07, 6.45) is 6.46. The third-order valence-electron chi connectivity index (χ3n) is 5.37. The Morgan fingerprint density at radius 2 is 1.90 bits per heavy atom. The first kappa shape index (κ1) is 14.6. The van der Waals surface area contributed by atoms with Crippen LogP contribution >= 0.6 is 23.2 Å². The van der Waals surface area contributed by atoms with Gasteiger partial charge in [-0.25, -0.2) is 0 Å². The van der Waals surface area contributed by atoms with E-state index in [-0.39, 0.29) is 5.41 Å². The lowest BCUT2D eigenvalue weighted by Crippen LogP contribution is -2.57. The zero-order valence-corrected chi connectivity index (χ0v) is 13.1. The Morgan fingerprint density at radius 1 is 1.15 bits per heavy atom. The molecule has 0 radical (unpaired) electrons. The van der Waals surface area contributed by atoms with Crippen molar-refractivity contribution in [2.75, 3.05) is 6.54 Å². The minimum atomic E-state index is -0.647. The summed E-state index contributed by atoms with van der Waals surface area (Å²) in [5.74, 6) is 0. The highest BCUT2D eigenvalue weighted by Gasteiger charge is 2.54. The van der Waals surface area contributed by atoms with E-state index in [1.165, 1.54) is 0 Å². The average molecular weight is 314 g/mol. The standard InChI is InChI=1S/C16H21Cl2NO/c17-11-9-13-12(14(18)10-11)3-6-16(20)5-2-1-4-15(13,16)7-8-19/h9-10,20H,1-8,19H2/t15-,16+/m0/s1. The SMILES string of the molecule is NCC[C@]12CCCC[C@@]1(O)CCc1c(Cl)cc(Cl)cc12. The van der Waals surface area contributed by atoms with Gasteiger partial charge in [-0.3, -0.25) is 0 Å². The van der Waals surface area contributed by atoms with Crippen LogP contribution in [0.4, 0.5) is 0 Å². The van der Waals surface area contributed by atoms with Crippen LogP contribution < -0.4 is 5.73 Å². The molecule has 0 aromatic heterocycles. The van der Waals surface area contributed by atoms with Gasteiger partial charge >= 0.3 is 0 Å². The van der Waals surface area contributed by atoms with Gasteiger partial charge in [0.05, 0.1) is 5.60 Å². The summed E-state index contributed by atoms with van der Waals surface area (Å²) < 4.78 is 0. The molecule has 3 N–H and O–H groups in total. The number of nitrogens with two attached hydrogens (primary N) is 1. The summed E-state index contributed by atoms with van der Waals surface area (Å²) >= 11 is 12.6. The molecular formula is C16H21Cl2NO. The van der Waals surface area contributed by atoms with E-state index in [1.807, 2.05) is 12.1 Å². The predicted molar refractivity (Wildman–Crippen MR) is 83.6 cm³/mol. The first-order valence-electron chi connectivity index (χ1n) is 7.43. The summed E-state index contributed by atoms with van der Waals surface area (Å²) in [5.41, 5.74) is 7.28. The number of hydrogen-bond acceptors (Lipinski definition) is 2. The maximum Gasteiger partial charge on any atom is 0.0747 e. The molecule has 2 atom stereocenters. The van der Waals surface area contributed by atoms with E-state index < -0.39 is 5.60 Å². The van der Waals surface area contributed by atoms with Crippen LogP contribution in [-0.4, -0.2) is 17.3 Å². The van der Waals surface area contributed by atoms with E-state index in [1.54, 1.807) is 0 Å². The van der Waals surface area contributed by atoms with Gasteiger partial charge < -0.3 is 10.8 Å². The van der Waals surface area contributed by atoms with E-state index in [4.69, 9.17) is 28.9 Å². The molecule has 1 saturated carbocycles. The van der Waals surface area contributed by atoms with Gasteiger partial charge in [0.1, 0.15) is 0 Å². The smallest absolute Gasteiger partial charge is 0.0747 e. The van der Waals surface area contributed by atoms with Crippen LogP contribution in [-0.2, 0) is 11.8 Å². The van der Waals surface area contributed by atoms with Crippen LogP contribution in [0, 0.1) is 0 Å². The molecule has 2 aliphatic rings. The van der Waals surface area contributed by atoms with Crippen molar-refractivity contribution >= 4 is 23.2 Å². The van der Waals surface area contributed by atoms with Crippen molar-refractivity contribution in [2.24, 2.45) is 5.73 Å². The molecule has 1 aromatic rings. The lowest BCUT2D eigenvalue weighted by Gasteiger charge is -2.55. The monoisotopic (exact) mass is 313 g/mol. The maximum absolute atomic E-state index is 11.3. The van der Waals surface area contributed by atoms with Crippen LogP contribution in [0.15, 0.2) is 12.1 Å². The molecule has 20 heavy (non-hydrogen) atoms. The van der Waals surface area contributed by atoms with Crippen LogP contribution in [0.25, 0.3) is 0 Å². The molecule has 0 unspecified atom stereocenters. The Bertz CT molecular complexity index is 529. The normalized spacial score (nSPS) is 32.6. The topological polar surface area (TPSA) is 46.2 Å². The molecule has 1 fully saturated rings. The maximum atomic E-state index is 11.3. The van der Waals surface area contributed by atoms with E-state index in [9.17, 15) is 5.11 Å². The van der Waals surface area contributed by atoms with Crippen molar-refractivity contribution in [3.8, 4) is 0 Å². The summed E-state index contributed by atoms with van der Waals surface area (Å²) in [6, 6.07) is 3.82. The van der Waals surface area contributed by atoms with Gasteiger partial charge in [0.2, 0.25) is 0 Å². The van der Waals surface area contributed by atoms with Crippen LogP contribution in [0.5, 0.6) is 0 Å². The average Bonchev–Trinajstić information content (AvgIpc) is 2.39. The van der Waals surface area contributed by atoms with Crippen molar-refractivity contribution in [1.29, 1.82) is 0 Å². The molecule has 110 valence electrons. The van der Waals surface area contributed by atoms with Crippen LogP contribution in [0.2, 0.25) is 10.0 Å². The van der Waals surface area contributed by atoms with E-state index >= 15 is 0 Å². The fraction of sp³-hybridized carbons (Fsp3) is 0.625. The third kappa shape index (κ3) is 2.00. The first-order valence-corrected chi connectivity index (χ1v) is 8.19. The van der Waals surface area contributed by atoms with E-state index in [2.05, 4.69) is 0 Å². The van der Waals surface area contributed by atoms with Gasteiger partial charge in [0, 0.05) is 15.5 Å². The molecular weight excluding hydrogens is 293 g/mol. The van der Waals surface area contributed by atoms with Crippen LogP contribution in [0.1, 0.15) is 49.7 Å². The number of fused-ring (bicyclic) bond motifs is 3. The highest BCUT2D eigenvalue weighted by Crippen LogP contribution is 2.55. The second-order valence-corrected chi connectivity index (χ2v) is 7.12. The zero-order valence-electron chi connectivity index (χ0n) is 11.6. The fourth-order valence-electron chi connectivity index (χ4n) is 4.42. The summed E-state index contributed by atoms with van der Waals surface area (Å²) in [5, 5.41) is 12.6. The Hall–Kier alpha value is -0.280. The lowest BCUT2D eigenvalue weighted by molar-refractivity contribution is -0.0861. The quantitative estimate of drug-likeness (QED) is 0.871. The van der Waals surface area contributed by atoms with Gasteiger partial charge in [-0.15, -0.1) is 0 Å². The van der Waals surface area contributed by atoms with Crippen molar-refractivity contribution in [1.82, 2.24) is 0 Å². The van der Waals surface area contributed by atoms with Crippen LogP contribution in [0.3, 0.4) is 0 Å². The second kappa shape index (κ2) is 5.17. The molecule has 0 bridgehead atoms. The summed E-state index contributed by atoms with van der Waals surface area (Å²) in [7, 11) is 0. The van der Waals surface area contributed by atoms with E-state index in [0.717, 1.165) is 61.1 Å². The molecule has 0 aliphatic heterocycles. The second-order valence-electron chi connectivity index (χ2n) is 6.27. The van der Waals surface area contributed by atoms with Gasteiger partial charge in [-0.05, 0) is 61.9 Å². The Labute approximate surface area is 130 Å². The number of hydrogen-bond donors (Lipinski definition) is 2. The van der Waals surface area contributed by atoms with E-state index in [0.29, 0.717) is 11.6 Å². The number of halogens is 2. The molecule has 0 amide bonds. The third-order valence-corrected chi connectivity index (χ3v) is 5.93. The van der Waals surface area contributed by atoms with Gasteiger partial charge in [-0.1, -0.05) is 36.0 Å². The molecule has 0 saturated heterocycles. The largest absolute Gasteiger partial charge is 0.389 e. The van der Waals surface area contributed by atoms with Gasteiger partial charge in [-0.2, -0.15) is 0 Å². The first-order chi connectivity index (χ1) is 9.52. The number of aliphatic hydroxyl groups is 1. The Balaban J connectivity index is 2.22. The zero-order chi connectivity index (χ0) is 14.4. The summed E-state index contributed by atoms with van der Waals surface area (Å²) in [6.45, 7) is 0.575. The van der Waals surface area contributed by atoms with Crippen molar-refractivity contribution < 1.29 is 5.11 Å². The fourth-order valence-corrected chi connectivity index (χ4v) is 5.01. The Morgan fingerprint density at radius 3 is 2.65 bits per heavy atom. The molecule has 4 heteroatoms. The minimum absolute atomic E-state index is 0.262. The highest BCUT2D eigenvalue weighted by atomic mass is 35.5. The van der Waals surface area contributed by atoms with Crippen molar-refractivity contribution in [3.05, 3.63) is 33.3 Å². The van der Waals surface area contributed by atoms with Crippen molar-refractivity contribution in [3.63, 3.8) is 0 Å². The number of rotatable bonds is 2. The number of benzene rings is 1. The van der Waals surface area contributed by atoms with Gasteiger partial charge in [0.15, 0.2) is 0 Å².